The van der Waals surface area contributed by atoms with E-state index in [0.29, 0.717) is 29.8 Å². The third kappa shape index (κ3) is 7.15. The Kier molecular flexibility index (Phi) is 8.27. The number of rotatable bonds is 8. The molecule has 1 amide bonds. The summed E-state index contributed by atoms with van der Waals surface area (Å²) < 4.78 is 10.1. The van der Waals surface area contributed by atoms with Crippen LogP contribution in [0.4, 0.5) is 5.00 Å². The molecule has 0 spiro atoms. The molecule has 0 aliphatic carbocycles. The average Bonchev–Trinajstić information content (AvgIpc) is 2.93. The number of ether oxygens (including phenoxy) is 2. The first kappa shape index (κ1) is 22.2. The van der Waals surface area contributed by atoms with Crippen molar-refractivity contribution in [2.24, 2.45) is 0 Å². The molecule has 146 valence electrons. The van der Waals surface area contributed by atoms with Gasteiger partial charge in [0.1, 0.15) is 10.6 Å². The molecule has 1 aromatic heterocycles. The molecule has 0 unspecified atom stereocenters. The minimum absolute atomic E-state index is 0.138. The summed E-state index contributed by atoms with van der Waals surface area (Å²) in [4.78, 5) is 35.9. The van der Waals surface area contributed by atoms with Crippen LogP contribution >= 0.6 is 11.3 Å². The molecule has 0 radical (unpaired) electrons. The van der Waals surface area contributed by atoms with Crippen LogP contribution in [0.15, 0.2) is 5.38 Å². The lowest BCUT2D eigenvalue weighted by molar-refractivity contribution is -0.140. The number of amides is 1. The highest BCUT2D eigenvalue weighted by Gasteiger charge is 2.26. The van der Waals surface area contributed by atoms with E-state index < -0.39 is 11.6 Å². The van der Waals surface area contributed by atoms with Gasteiger partial charge in [-0.3, -0.25) is 9.59 Å². The maximum absolute atomic E-state index is 12.6. The minimum atomic E-state index is -0.609. The van der Waals surface area contributed by atoms with Gasteiger partial charge in [0.05, 0.1) is 12.7 Å². The van der Waals surface area contributed by atoms with E-state index in [1.54, 1.807) is 0 Å². The molecular formula is C19H29NO5S. The molecule has 1 heterocycles. The van der Waals surface area contributed by atoms with E-state index in [4.69, 9.17) is 4.74 Å². The number of esters is 2. The highest BCUT2D eigenvalue weighted by molar-refractivity contribution is 7.15. The van der Waals surface area contributed by atoms with Crippen molar-refractivity contribution in [1.82, 2.24) is 0 Å². The molecule has 1 N–H and O–H groups in total. The lowest BCUT2D eigenvalue weighted by Crippen LogP contribution is -2.25. The lowest BCUT2D eigenvalue weighted by atomic mass is 10.0. The Hall–Kier alpha value is -1.89. The largest absolute Gasteiger partial charge is 0.469 e. The van der Waals surface area contributed by atoms with Crippen molar-refractivity contribution in [3.63, 3.8) is 0 Å². The molecule has 0 aliphatic rings. The average molecular weight is 384 g/mol. The summed E-state index contributed by atoms with van der Waals surface area (Å²) in [6.45, 7) is 9.42. The predicted octanol–water partition coefficient (Wildman–Crippen LogP) is 4.50. The Morgan fingerprint density at radius 1 is 1.15 bits per heavy atom. The van der Waals surface area contributed by atoms with E-state index >= 15 is 0 Å². The minimum Gasteiger partial charge on any atom is -0.469 e. The standard InChI is InChI=1S/C19H29NO5S/c1-12(2)13-11-26-17(16(13)18(23)25-19(3,4)5)20-14(21)9-7-8-10-15(22)24-6/h11-12H,7-10H2,1-6H3,(H,20,21). The second kappa shape index (κ2) is 9.71. The Morgan fingerprint density at radius 3 is 2.31 bits per heavy atom. The van der Waals surface area contributed by atoms with E-state index in [2.05, 4.69) is 10.1 Å². The third-order valence-electron chi connectivity index (χ3n) is 3.56. The second-order valence-corrected chi connectivity index (χ2v) is 8.26. The second-order valence-electron chi connectivity index (χ2n) is 7.38. The van der Waals surface area contributed by atoms with Gasteiger partial charge in [-0.1, -0.05) is 13.8 Å². The summed E-state index contributed by atoms with van der Waals surface area (Å²) in [5.74, 6) is -0.753. The number of unbranched alkanes of at least 4 members (excludes halogenated alkanes) is 1. The first-order chi connectivity index (χ1) is 12.0. The summed E-state index contributed by atoms with van der Waals surface area (Å²) in [6.07, 6.45) is 1.73. The fourth-order valence-corrected chi connectivity index (χ4v) is 3.40. The summed E-state index contributed by atoms with van der Waals surface area (Å²) in [6, 6.07) is 0. The monoisotopic (exact) mass is 383 g/mol. The number of hydrogen-bond acceptors (Lipinski definition) is 6. The van der Waals surface area contributed by atoms with Gasteiger partial charge in [-0.25, -0.2) is 4.79 Å². The van der Waals surface area contributed by atoms with Crippen LogP contribution in [-0.2, 0) is 19.1 Å². The van der Waals surface area contributed by atoms with Crippen LogP contribution in [0, 0.1) is 0 Å². The predicted molar refractivity (Wildman–Crippen MR) is 103 cm³/mol. The maximum Gasteiger partial charge on any atom is 0.341 e. The summed E-state index contributed by atoms with van der Waals surface area (Å²) in [7, 11) is 1.34. The smallest absolute Gasteiger partial charge is 0.341 e. The molecule has 1 rings (SSSR count). The lowest BCUT2D eigenvalue weighted by Gasteiger charge is -2.20. The fourth-order valence-electron chi connectivity index (χ4n) is 2.27. The van der Waals surface area contributed by atoms with Crippen molar-refractivity contribution < 1.29 is 23.9 Å². The summed E-state index contributed by atoms with van der Waals surface area (Å²) >= 11 is 1.33. The van der Waals surface area contributed by atoms with Crippen molar-refractivity contribution in [2.75, 3.05) is 12.4 Å². The van der Waals surface area contributed by atoms with Crippen molar-refractivity contribution in [1.29, 1.82) is 0 Å². The van der Waals surface area contributed by atoms with Gasteiger partial charge in [0.25, 0.3) is 0 Å². The fraction of sp³-hybridized carbons (Fsp3) is 0.632. The van der Waals surface area contributed by atoms with Gasteiger partial charge in [-0.15, -0.1) is 11.3 Å². The van der Waals surface area contributed by atoms with Crippen molar-refractivity contribution >= 4 is 34.2 Å². The molecule has 0 aliphatic heterocycles. The zero-order valence-corrected chi connectivity index (χ0v) is 17.2. The van der Waals surface area contributed by atoms with Crippen LogP contribution in [0.2, 0.25) is 0 Å². The Labute approximate surface area is 159 Å². The molecule has 0 atom stereocenters. The SMILES string of the molecule is COC(=O)CCCCC(=O)Nc1scc(C(C)C)c1C(=O)OC(C)(C)C. The van der Waals surface area contributed by atoms with Crippen LogP contribution in [-0.4, -0.2) is 30.6 Å². The normalized spacial score (nSPS) is 11.3. The van der Waals surface area contributed by atoms with Crippen molar-refractivity contribution in [3.05, 3.63) is 16.5 Å². The zero-order valence-electron chi connectivity index (χ0n) is 16.4. The van der Waals surface area contributed by atoms with Gasteiger partial charge < -0.3 is 14.8 Å². The quantitative estimate of drug-likeness (QED) is 0.528. The third-order valence-corrected chi connectivity index (χ3v) is 4.47. The number of carbonyl (C=O) groups is 3. The number of hydrogen-bond donors (Lipinski definition) is 1. The van der Waals surface area contributed by atoms with Gasteiger partial charge in [-0.2, -0.15) is 0 Å². The van der Waals surface area contributed by atoms with Gasteiger partial charge >= 0.3 is 11.9 Å². The van der Waals surface area contributed by atoms with E-state index in [0.717, 1.165) is 5.56 Å². The molecule has 6 nitrogen and oxygen atoms in total. The van der Waals surface area contributed by atoms with Crippen molar-refractivity contribution in [2.45, 2.75) is 71.8 Å². The number of nitrogens with one attached hydrogen (secondary N) is 1. The Morgan fingerprint density at radius 2 is 1.77 bits per heavy atom. The number of anilines is 1. The van der Waals surface area contributed by atoms with E-state index in [-0.39, 0.29) is 24.2 Å². The molecule has 0 saturated carbocycles. The van der Waals surface area contributed by atoms with Crippen LogP contribution in [0.5, 0.6) is 0 Å². The van der Waals surface area contributed by atoms with Gasteiger partial charge in [0, 0.05) is 12.8 Å². The van der Waals surface area contributed by atoms with E-state index in [1.165, 1.54) is 18.4 Å². The summed E-state index contributed by atoms with van der Waals surface area (Å²) in [5, 5.41) is 5.22. The zero-order chi connectivity index (χ0) is 19.9. The molecule has 1 aromatic rings. The molecule has 0 fully saturated rings. The maximum atomic E-state index is 12.6. The van der Waals surface area contributed by atoms with Gasteiger partial charge in [0.2, 0.25) is 5.91 Å². The number of thiophene rings is 1. The number of carbonyl (C=O) groups excluding carboxylic acids is 3. The Bertz CT molecular complexity index is 643. The molecule has 0 aromatic carbocycles. The van der Waals surface area contributed by atoms with E-state index in [9.17, 15) is 14.4 Å². The highest BCUT2D eigenvalue weighted by Crippen LogP contribution is 2.34. The molecule has 7 heteroatoms. The summed E-state index contributed by atoms with van der Waals surface area (Å²) in [5.41, 5.74) is 0.690. The molecule has 0 saturated heterocycles. The highest BCUT2D eigenvalue weighted by atomic mass is 32.1. The van der Waals surface area contributed by atoms with Crippen LogP contribution in [0.1, 0.15) is 82.1 Å². The number of methoxy groups -OCH3 is 1. The first-order valence-electron chi connectivity index (χ1n) is 8.76. The molecular weight excluding hydrogens is 354 g/mol. The van der Waals surface area contributed by atoms with Crippen LogP contribution in [0.25, 0.3) is 0 Å². The first-order valence-corrected chi connectivity index (χ1v) is 9.64. The van der Waals surface area contributed by atoms with Crippen LogP contribution < -0.4 is 5.32 Å². The molecule has 0 bridgehead atoms. The van der Waals surface area contributed by atoms with Crippen LogP contribution in [0.3, 0.4) is 0 Å². The molecule has 26 heavy (non-hydrogen) atoms. The van der Waals surface area contributed by atoms with E-state index in [1.807, 2.05) is 40.0 Å². The van der Waals surface area contributed by atoms with Gasteiger partial charge in [0.15, 0.2) is 0 Å². The Balaban J connectivity index is 2.78. The van der Waals surface area contributed by atoms with Gasteiger partial charge in [-0.05, 0) is 50.5 Å². The van der Waals surface area contributed by atoms with Crippen molar-refractivity contribution in [3.8, 4) is 0 Å². The topological polar surface area (TPSA) is 81.7 Å².